The van der Waals surface area contributed by atoms with E-state index in [4.69, 9.17) is 0 Å². The van der Waals surface area contributed by atoms with Crippen molar-refractivity contribution in [2.24, 2.45) is 0 Å². The van der Waals surface area contributed by atoms with Crippen LogP contribution in [-0.4, -0.2) is 60.9 Å². The van der Waals surface area contributed by atoms with Gasteiger partial charge in [0.2, 0.25) is 0 Å². The SMILES string of the molecule is CN1CN(C)[SiH2]N(C)[SiH2]1. The summed E-state index contributed by atoms with van der Waals surface area (Å²) in [6.07, 6.45) is 0. The molecule has 1 aliphatic rings. The van der Waals surface area contributed by atoms with Gasteiger partial charge in [0.15, 0.2) is 19.7 Å². The first-order valence-corrected chi connectivity index (χ1v) is 5.77. The van der Waals surface area contributed by atoms with E-state index < -0.39 is 0 Å². The largest absolute Gasteiger partial charge is 0.334 e. The van der Waals surface area contributed by atoms with E-state index in [1.165, 1.54) is 6.67 Å². The summed E-state index contributed by atoms with van der Waals surface area (Å²) in [5.74, 6) is 0. The van der Waals surface area contributed by atoms with Crippen molar-refractivity contribution in [1.29, 1.82) is 0 Å². The Kier molecular flexibility index (Phi) is 2.42. The van der Waals surface area contributed by atoms with Crippen LogP contribution in [0, 0.1) is 0 Å². The molecule has 0 aromatic heterocycles. The van der Waals surface area contributed by atoms with Gasteiger partial charge in [-0.05, 0) is 21.1 Å². The van der Waals surface area contributed by atoms with Crippen molar-refractivity contribution < 1.29 is 0 Å². The van der Waals surface area contributed by atoms with Gasteiger partial charge in [-0.25, -0.2) is 0 Å². The van der Waals surface area contributed by atoms with Gasteiger partial charge in [-0.3, -0.25) is 0 Å². The summed E-state index contributed by atoms with van der Waals surface area (Å²) in [5, 5.41) is 0. The Morgan fingerprint density at radius 2 is 1.44 bits per heavy atom. The molecule has 0 atom stereocenters. The highest BCUT2D eigenvalue weighted by molar-refractivity contribution is 6.48. The molecule has 0 aromatic carbocycles. The van der Waals surface area contributed by atoms with E-state index in [2.05, 4.69) is 34.5 Å². The van der Waals surface area contributed by atoms with Gasteiger partial charge in [-0.1, -0.05) is 0 Å². The normalized spacial score (nSPS) is 32.3. The Bertz CT molecular complexity index is 74.8. The Balaban J connectivity index is 2.34. The van der Waals surface area contributed by atoms with Crippen LogP contribution in [0.3, 0.4) is 0 Å². The lowest BCUT2D eigenvalue weighted by Crippen LogP contribution is -2.55. The third-order valence-electron chi connectivity index (χ3n) is 1.45. The first-order chi connectivity index (χ1) is 4.18. The zero-order chi connectivity index (χ0) is 6.85. The predicted molar refractivity (Wildman–Crippen MR) is 45.2 cm³/mol. The minimum atomic E-state index is 0.0122. The lowest BCUT2D eigenvalue weighted by Gasteiger charge is -2.36. The minimum absolute atomic E-state index is 0.0122. The highest BCUT2D eigenvalue weighted by atomic mass is 28.3. The van der Waals surface area contributed by atoms with Crippen molar-refractivity contribution in [3.05, 3.63) is 0 Å². The van der Waals surface area contributed by atoms with Crippen molar-refractivity contribution in [1.82, 2.24) is 13.4 Å². The predicted octanol–water partition coefficient (Wildman–Crippen LogP) is -2.25. The molecule has 0 aromatic rings. The molecule has 0 saturated carbocycles. The molecule has 0 unspecified atom stereocenters. The van der Waals surface area contributed by atoms with Gasteiger partial charge >= 0.3 is 0 Å². The van der Waals surface area contributed by atoms with Gasteiger partial charge in [0.05, 0.1) is 0 Å². The molecule has 9 heavy (non-hydrogen) atoms. The second-order valence-electron chi connectivity index (χ2n) is 2.99. The first kappa shape index (κ1) is 7.42. The van der Waals surface area contributed by atoms with Gasteiger partial charge < -0.3 is 13.4 Å². The lowest BCUT2D eigenvalue weighted by atomic mass is 11.0. The van der Waals surface area contributed by atoms with Crippen LogP contribution < -0.4 is 0 Å². The Morgan fingerprint density at radius 3 is 1.78 bits per heavy atom. The molecule has 1 saturated heterocycles. The molecule has 5 heteroatoms. The zero-order valence-corrected chi connectivity index (χ0v) is 9.29. The fraction of sp³-hybridized carbons (Fsp3) is 1.00. The highest BCUT2D eigenvalue weighted by Crippen LogP contribution is 1.93. The van der Waals surface area contributed by atoms with Crippen LogP contribution in [0.5, 0.6) is 0 Å². The fourth-order valence-corrected chi connectivity index (χ4v) is 6.57. The maximum atomic E-state index is 2.56. The highest BCUT2D eigenvalue weighted by Gasteiger charge is 2.14. The molecule has 54 valence electrons. The van der Waals surface area contributed by atoms with E-state index in [1.807, 2.05) is 0 Å². The van der Waals surface area contributed by atoms with E-state index in [9.17, 15) is 0 Å². The summed E-state index contributed by atoms with van der Waals surface area (Å²) in [6.45, 7) is 1.21. The van der Waals surface area contributed by atoms with Gasteiger partial charge in [-0.2, -0.15) is 0 Å². The van der Waals surface area contributed by atoms with Crippen LogP contribution in [-0.2, 0) is 0 Å². The third kappa shape index (κ3) is 2.19. The van der Waals surface area contributed by atoms with Crippen molar-refractivity contribution in [3.63, 3.8) is 0 Å². The molecule has 1 fully saturated rings. The number of hydrogen-bond donors (Lipinski definition) is 0. The fourth-order valence-electron chi connectivity index (χ4n) is 1.37. The van der Waals surface area contributed by atoms with Crippen molar-refractivity contribution in [2.45, 2.75) is 0 Å². The maximum Gasteiger partial charge on any atom is 0.167 e. The van der Waals surface area contributed by atoms with Gasteiger partial charge in [0.25, 0.3) is 0 Å². The van der Waals surface area contributed by atoms with Crippen molar-refractivity contribution in [3.8, 4) is 0 Å². The second kappa shape index (κ2) is 2.93. The summed E-state index contributed by atoms with van der Waals surface area (Å²) in [4.78, 5) is 0. The molecule has 3 nitrogen and oxygen atoms in total. The van der Waals surface area contributed by atoms with E-state index in [0.717, 1.165) is 0 Å². The molecule has 0 spiro atoms. The Morgan fingerprint density at radius 1 is 1.00 bits per heavy atom. The lowest BCUT2D eigenvalue weighted by molar-refractivity contribution is 0.327. The molecule has 0 N–H and O–H groups in total. The standard InChI is InChI=1S/C4H15N3Si2/c1-5-4-6(2)9-7(3)8-5/h4,8-9H2,1-3H3. The Hall–Kier alpha value is 0.314. The van der Waals surface area contributed by atoms with E-state index in [-0.39, 0.29) is 19.7 Å². The minimum Gasteiger partial charge on any atom is -0.334 e. The second-order valence-corrected chi connectivity index (χ2v) is 8.77. The summed E-state index contributed by atoms with van der Waals surface area (Å²) in [7, 11) is 6.71. The van der Waals surface area contributed by atoms with Gasteiger partial charge in [-0.15, -0.1) is 0 Å². The quantitative estimate of drug-likeness (QED) is 0.372. The molecule has 0 amide bonds. The number of nitrogens with zero attached hydrogens (tertiary/aromatic N) is 3. The molecular formula is C4H15N3Si2. The summed E-state index contributed by atoms with van der Waals surface area (Å²) in [6, 6.07) is 0. The van der Waals surface area contributed by atoms with Crippen LogP contribution in [0.25, 0.3) is 0 Å². The van der Waals surface area contributed by atoms with Crippen LogP contribution in [0.2, 0.25) is 0 Å². The van der Waals surface area contributed by atoms with Crippen molar-refractivity contribution in [2.75, 3.05) is 27.8 Å². The molecule has 1 heterocycles. The average molecular weight is 161 g/mol. The molecular weight excluding hydrogens is 146 g/mol. The average Bonchev–Trinajstić information content (AvgIpc) is 1.59. The van der Waals surface area contributed by atoms with E-state index >= 15 is 0 Å². The summed E-state index contributed by atoms with van der Waals surface area (Å²) in [5.41, 5.74) is 0. The molecule has 0 radical (unpaired) electrons. The van der Waals surface area contributed by atoms with Crippen LogP contribution >= 0.6 is 0 Å². The van der Waals surface area contributed by atoms with Crippen LogP contribution in [0.4, 0.5) is 0 Å². The number of rotatable bonds is 0. The van der Waals surface area contributed by atoms with Crippen LogP contribution in [0.15, 0.2) is 0 Å². The summed E-state index contributed by atoms with van der Waals surface area (Å²) < 4.78 is 7.47. The maximum absolute atomic E-state index is 2.56. The van der Waals surface area contributed by atoms with Gasteiger partial charge in [0, 0.05) is 6.67 Å². The molecule has 0 aliphatic carbocycles. The smallest absolute Gasteiger partial charge is 0.167 e. The monoisotopic (exact) mass is 161 g/mol. The number of hydrogen-bond acceptors (Lipinski definition) is 3. The third-order valence-corrected chi connectivity index (χ3v) is 4.98. The van der Waals surface area contributed by atoms with Crippen molar-refractivity contribution >= 4 is 19.7 Å². The first-order valence-electron chi connectivity index (χ1n) is 3.24. The van der Waals surface area contributed by atoms with E-state index in [0.29, 0.717) is 0 Å². The van der Waals surface area contributed by atoms with E-state index in [1.54, 1.807) is 0 Å². The molecule has 1 aliphatic heterocycles. The molecule has 0 bridgehead atoms. The zero-order valence-electron chi connectivity index (χ0n) is 6.46. The Labute approximate surface area is 61.6 Å². The van der Waals surface area contributed by atoms with Crippen LogP contribution in [0.1, 0.15) is 0 Å². The molecule has 1 rings (SSSR count). The van der Waals surface area contributed by atoms with Gasteiger partial charge in [0.1, 0.15) is 0 Å². The topological polar surface area (TPSA) is 9.72 Å². The summed E-state index contributed by atoms with van der Waals surface area (Å²) >= 11 is 0.